The summed E-state index contributed by atoms with van der Waals surface area (Å²) in [4.78, 5) is 29.3. The van der Waals surface area contributed by atoms with Crippen LogP contribution in [0.2, 0.25) is 0 Å². The molecule has 1 aliphatic rings. The molecule has 6 nitrogen and oxygen atoms in total. The fourth-order valence-corrected chi connectivity index (χ4v) is 3.48. The molecule has 2 aromatic rings. The molecule has 1 unspecified atom stereocenters. The Bertz CT molecular complexity index is 920. The van der Waals surface area contributed by atoms with Crippen LogP contribution in [-0.2, 0) is 9.59 Å². The van der Waals surface area contributed by atoms with Gasteiger partial charge in [-0.3, -0.25) is 9.59 Å². The highest BCUT2D eigenvalue weighted by Gasteiger charge is 2.45. The fraction of sp³-hybridized carbons (Fsp3) is 0.333. The molecule has 158 valence electrons. The van der Waals surface area contributed by atoms with E-state index in [1.165, 1.54) is 0 Å². The predicted molar refractivity (Wildman–Crippen MR) is 116 cm³/mol. The number of benzene rings is 2. The third kappa shape index (κ3) is 4.54. The van der Waals surface area contributed by atoms with Crippen molar-refractivity contribution in [1.82, 2.24) is 9.80 Å². The summed E-state index contributed by atoms with van der Waals surface area (Å²) in [5.41, 5.74) is 1.39. The fourth-order valence-electron chi connectivity index (χ4n) is 3.48. The Morgan fingerprint density at radius 1 is 1.07 bits per heavy atom. The predicted octanol–water partition coefficient (Wildman–Crippen LogP) is 3.46. The molecule has 0 bridgehead atoms. The summed E-state index contributed by atoms with van der Waals surface area (Å²) in [6, 6.07) is 15.6. The minimum Gasteiger partial charge on any atom is -0.507 e. The van der Waals surface area contributed by atoms with Crippen molar-refractivity contribution >= 4 is 17.4 Å². The highest BCUT2D eigenvalue weighted by Crippen LogP contribution is 2.39. The second-order valence-corrected chi connectivity index (χ2v) is 7.58. The number of carbonyl (C=O) groups excluding carboxylic acids is 2. The first kappa shape index (κ1) is 21.6. The molecule has 3 rings (SSSR count). The van der Waals surface area contributed by atoms with Crippen molar-refractivity contribution in [3.05, 3.63) is 71.3 Å². The molecule has 1 atom stereocenters. The number of hydrogen-bond donors (Lipinski definition) is 1. The monoisotopic (exact) mass is 408 g/mol. The van der Waals surface area contributed by atoms with Crippen molar-refractivity contribution in [2.75, 3.05) is 33.8 Å². The molecule has 6 heteroatoms. The van der Waals surface area contributed by atoms with Crippen molar-refractivity contribution in [1.29, 1.82) is 0 Å². The smallest absolute Gasteiger partial charge is 0.295 e. The van der Waals surface area contributed by atoms with Crippen LogP contribution in [0.1, 0.15) is 30.5 Å². The largest absolute Gasteiger partial charge is 0.507 e. The Balaban J connectivity index is 2.05. The molecular formula is C24H28N2O4. The number of ketones is 1. The molecular weight excluding hydrogens is 380 g/mol. The molecule has 0 radical (unpaired) electrons. The molecule has 0 spiro atoms. The first-order chi connectivity index (χ1) is 14.4. The maximum absolute atomic E-state index is 12.9. The van der Waals surface area contributed by atoms with Gasteiger partial charge in [-0.2, -0.15) is 0 Å². The molecule has 30 heavy (non-hydrogen) atoms. The van der Waals surface area contributed by atoms with E-state index in [0.717, 1.165) is 17.7 Å². The van der Waals surface area contributed by atoms with Crippen LogP contribution in [-0.4, -0.2) is 60.4 Å². The summed E-state index contributed by atoms with van der Waals surface area (Å²) in [7, 11) is 3.82. The number of aliphatic hydroxyl groups excluding tert-OH is 1. The van der Waals surface area contributed by atoms with Crippen molar-refractivity contribution in [3.63, 3.8) is 0 Å². The maximum atomic E-state index is 12.9. The van der Waals surface area contributed by atoms with Crippen molar-refractivity contribution in [2.24, 2.45) is 0 Å². The van der Waals surface area contributed by atoms with Crippen molar-refractivity contribution < 1.29 is 19.4 Å². The normalized spacial score (nSPS) is 18.3. The van der Waals surface area contributed by atoms with Crippen LogP contribution < -0.4 is 4.74 Å². The Morgan fingerprint density at radius 3 is 2.33 bits per heavy atom. The van der Waals surface area contributed by atoms with E-state index in [9.17, 15) is 14.7 Å². The van der Waals surface area contributed by atoms with Crippen LogP contribution in [0.4, 0.5) is 0 Å². The summed E-state index contributed by atoms with van der Waals surface area (Å²) in [5, 5.41) is 11.0. The molecule has 0 aliphatic carbocycles. The number of hydrogen-bond acceptors (Lipinski definition) is 5. The van der Waals surface area contributed by atoms with Crippen LogP contribution >= 0.6 is 0 Å². The van der Waals surface area contributed by atoms with E-state index in [1.54, 1.807) is 29.2 Å². The number of likely N-dealkylation sites (tertiary alicyclic amines) is 1. The molecule has 1 N–H and O–H groups in total. The summed E-state index contributed by atoms with van der Waals surface area (Å²) in [5.74, 6) is -0.677. The van der Waals surface area contributed by atoms with Gasteiger partial charge in [0.1, 0.15) is 11.5 Å². The van der Waals surface area contributed by atoms with E-state index in [-0.39, 0.29) is 11.3 Å². The van der Waals surface area contributed by atoms with E-state index in [1.807, 2.05) is 56.3 Å². The number of likely N-dealkylation sites (N-methyl/N-ethyl adjacent to an activating group) is 1. The highest BCUT2D eigenvalue weighted by molar-refractivity contribution is 6.46. The maximum Gasteiger partial charge on any atom is 0.295 e. The van der Waals surface area contributed by atoms with Crippen molar-refractivity contribution in [2.45, 2.75) is 19.4 Å². The van der Waals surface area contributed by atoms with Gasteiger partial charge in [-0.15, -0.1) is 0 Å². The molecule has 1 fully saturated rings. The zero-order chi connectivity index (χ0) is 21.7. The van der Waals surface area contributed by atoms with E-state index in [0.29, 0.717) is 25.3 Å². The lowest BCUT2D eigenvalue weighted by atomic mass is 9.95. The van der Waals surface area contributed by atoms with Crippen LogP contribution in [0.15, 0.2) is 60.2 Å². The minimum absolute atomic E-state index is 0.118. The molecule has 1 heterocycles. The van der Waals surface area contributed by atoms with Gasteiger partial charge in [0.2, 0.25) is 0 Å². The van der Waals surface area contributed by atoms with Gasteiger partial charge in [-0.05, 0) is 38.2 Å². The number of Topliss-reactive ketones (excluding diaryl/α,β-unsaturated/α-hetero) is 1. The van der Waals surface area contributed by atoms with Crippen molar-refractivity contribution in [3.8, 4) is 5.75 Å². The van der Waals surface area contributed by atoms with Crippen LogP contribution in [0.3, 0.4) is 0 Å². The molecule has 0 aromatic heterocycles. The Morgan fingerprint density at radius 2 is 1.73 bits per heavy atom. The molecule has 1 saturated heterocycles. The first-order valence-corrected chi connectivity index (χ1v) is 10.1. The molecule has 2 aromatic carbocycles. The summed E-state index contributed by atoms with van der Waals surface area (Å²) < 4.78 is 5.65. The number of carbonyl (C=O) groups is 2. The molecule has 1 aliphatic heterocycles. The van der Waals surface area contributed by atoms with E-state index >= 15 is 0 Å². The average molecular weight is 408 g/mol. The summed E-state index contributed by atoms with van der Waals surface area (Å²) in [6.07, 6.45) is 0.906. The second-order valence-electron chi connectivity index (χ2n) is 7.58. The Kier molecular flexibility index (Phi) is 6.90. The number of ether oxygens (including phenoxy) is 1. The van der Waals surface area contributed by atoms with Crippen LogP contribution in [0.25, 0.3) is 5.76 Å². The van der Waals surface area contributed by atoms with E-state index in [4.69, 9.17) is 4.74 Å². The minimum atomic E-state index is -0.661. The van der Waals surface area contributed by atoms with Gasteiger partial charge in [0.25, 0.3) is 11.7 Å². The van der Waals surface area contributed by atoms with E-state index in [2.05, 4.69) is 0 Å². The quantitative estimate of drug-likeness (QED) is 0.412. The van der Waals surface area contributed by atoms with Crippen LogP contribution in [0.5, 0.6) is 5.75 Å². The summed E-state index contributed by atoms with van der Waals surface area (Å²) in [6.45, 7) is 3.64. The van der Waals surface area contributed by atoms with Gasteiger partial charge in [0.05, 0.1) is 18.2 Å². The van der Waals surface area contributed by atoms with Crippen LogP contribution in [0, 0.1) is 0 Å². The van der Waals surface area contributed by atoms with Gasteiger partial charge in [-0.25, -0.2) is 0 Å². The number of nitrogens with zero attached hydrogens (tertiary/aromatic N) is 2. The van der Waals surface area contributed by atoms with Gasteiger partial charge in [-0.1, -0.05) is 49.4 Å². The lowest BCUT2D eigenvalue weighted by Crippen LogP contribution is -2.35. The Hall–Kier alpha value is -3.12. The second kappa shape index (κ2) is 9.59. The SMILES string of the molecule is CCCOc1ccc(C2/C(=C(\O)c3ccccc3)C(=O)C(=O)N2CCN(C)C)cc1. The van der Waals surface area contributed by atoms with Gasteiger partial charge in [0, 0.05) is 18.7 Å². The van der Waals surface area contributed by atoms with Gasteiger partial charge >= 0.3 is 0 Å². The Labute approximate surface area is 177 Å². The number of rotatable bonds is 8. The average Bonchev–Trinajstić information content (AvgIpc) is 3.01. The van der Waals surface area contributed by atoms with E-state index < -0.39 is 17.7 Å². The zero-order valence-electron chi connectivity index (χ0n) is 17.7. The molecule has 0 saturated carbocycles. The van der Waals surface area contributed by atoms with Gasteiger partial charge in [0.15, 0.2) is 0 Å². The standard InChI is InChI=1S/C24H28N2O4/c1-4-16-30-19-12-10-17(11-13-19)21-20(22(27)18-8-6-5-7-9-18)23(28)24(29)26(21)15-14-25(2)3/h5-13,21,27H,4,14-16H2,1-3H3/b22-20+. The number of aliphatic hydroxyl groups is 1. The molecule has 1 amide bonds. The zero-order valence-corrected chi connectivity index (χ0v) is 17.7. The lowest BCUT2D eigenvalue weighted by molar-refractivity contribution is -0.140. The third-order valence-corrected chi connectivity index (χ3v) is 5.04. The highest BCUT2D eigenvalue weighted by atomic mass is 16.5. The first-order valence-electron chi connectivity index (χ1n) is 10.1. The third-order valence-electron chi connectivity index (χ3n) is 5.04. The number of amides is 1. The van der Waals surface area contributed by atoms with Gasteiger partial charge < -0.3 is 19.6 Å². The summed E-state index contributed by atoms with van der Waals surface area (Å²) >= 11 is 0. The topological polar surface area (TPSA) is 70.1 Å². The lowest BCUT2D eigenvalue weighted by Gasteiger charge is -2.26.